The molecule has 1 saturated heterocycles. The Balaban J connectivity index is 1.81. The van der Waals surface area contributed by atoms with E-state index in [9.17, 15) is 0 Å². The molecule has 0 radical (unpaired) electrons. The minimum Gasteiger partial charge on any atom is -0.397 e. The van der Waals surface area contributed by atoms with Crippen LogP contribution < -0.4 is 11.1 Å². The molecule has 0 spiro atoms. The van der Waals surface area contributed by atoms with E-state index in [1.807, 2.05) is 12.3 Å². The third-order valence-electron chi connectivity index (χ3n) is 3.41. The topological polar surface area (TPSA) is 50.9 Å². The van der Waals surface area contributed by atoms with Gasteiger partial charge in [0.15, 0.2) is 0 Å². The van der Waals surface area contributed by atoms with Crippen molar-refractivity contribution in [2.45, 2.75) is 18.1 Å². The fourth-order valence-corrected chi connectivity index (χ4v) is 3.58. The lowest BCUT2D eigenvalue weighted by atomic mass is 10.1. The van der Waals surface area contributed by atoms with Crippen molar-refractivity contribution in [3.63, 3.8) is 0 Å². The number of nitrogens with one attached hydrogen (secondary N) is 1. The smallest absolute Gasteiger partial charge is 0.0630 e. The highest BCUT2D eigenvalue weighted by molar-refractivity contribution is 8.00. The Hall–Kier alpha value is -1.42. The van der Waals surface area contributed by atoms with Crippen LogP contribution in [-0.2, 0) is 0 Å². The van der Waals surface area contributed by atoms with E-state index in [0.29, 0.717) is 0 Å². The molecule has 0 aliphatic carbocycles. The largest absolute Gasteiger partial charge is 0.397 e. The van der Waals surface area contributed by atoms with Crippen LogP contribution in [0, 0.1) is 0 Å². The Morgan fingerprint density at radius 1 is 1.39 bits per heavy atom. The first kappa shape index (κ1) is 11.7. The molecule has 0 bridgehead atoms. The summed E-state index contributed by atoms with van der Waals surface area (Å²) < 4.78 is 0. The third kappa shape index (κ3) is 2.25. The van der Waals surface area contributed by atoms with Crippen LogP contribution >= 0.6 is 11.8 Å². The van der Waals surface area contributed by atoms with Crippen molar-refractivity contribution >= 4 is 33.9 Å². The van der Waals surface area contributed by atoms with Gasteiger partial charge < -0.3 is 11.1 Å². The summed E-state index contributed by atoms with van der Waals surface area (Å²) >= 11 is 2.06. The molecular weight excluding hydrogens is 242 g/mol. The van der Waals surface area contributed by atoms with Gasteiger partial charge in [0, 0.05) is 35.0 Å². The van der Waals surface area contributed by atoms with Crippen LogP contribution in [0.3, 0.4) is 0 Å². The maximum atomic E-state index is 6.21. The molecule has 3 N–H and O–H groups in total. The summed E-state index contributed by atoms with van der Waals surface area (Å²) in [6.45, 7) is 1.01. The molecule has 0 amide bonds. The molecule has 18 heavy (non-hydrogen) atoms. The molecule has 1 aromatic carbocycles. The molecular formula is C14H17N3S. The number of nitrogens with two attached hydrogens (primary N) is 1. The first-order chi connectivity index (χ1) is 8.84. The number of aromatic nitrogens is 1. The van der Waals surface area contributed by atoms with Gasteiger partial charge in [-0.05, 0) is 30.7 Å². The second-order valence-corrected chi connectivity index (χ2v) is 6.05. The molecule has 4 heteroatoms. The maximum absolute atomic E-state index is 6.21. The van der Waals surface area contributed by atoms with Crippen molar-refractivity contribution in [1.29, 1.82) is 0 Å². The average Bonchev–Trinajstić information content (AvgIpc) is 2.91. The van der Waals surface area contributed by atoms with Gasteiger partial charge in [-0.25, -0.2) is 0 Å². The Bertz CT molecular complexity index is 550. The second-order valence-electron chi connectivity index (χ2n) is 4.64. The van der Waals surface area contributed by atoms with E-state index < -0.39 is 0 Å². The SMILES string of the molecule is Nc1c(NCC2CCCS2)ccc2cnccc12. The molecule has 94 valence electrons. The van der Waals surface area contributed by atoms with Crippen LogP contribution in [0.25, 0.3) is 10.8 Å². The average molecular weight is 259 g/mol. The molecule has 3 nitrogen and oxygen atoms in total. The molecule has 1 fully saturated rings. The number of pyridine rings is 1. The molecule has 1 aromatic heterocycles. The zero-order valence-corrected chi connectivity index (χ0v) is 11.0. The van der Waals surface area contributed by atoms with E-state index in [4.69, 9.17) is 5.73 Å². The van der Waals surface area contributed by atoms with Crippen LogP contribution in [0.5, 0.6) is 0 Å². The second kappa shape index (κ2) is 5.06. The number of rotatable bonds is 3. The molecule has 1 aliphatic rings. The van der Waals surface area contributed by atoms with Crippen molar-refractivity contribution in [1.82, 2.24) is 4.98 Å². The predicted molar refractivity (Wildman–Crippen MR) is 80.1 cm³/mol. The van der Waals surface area contributed by atoms with Gasteiger partial charge >= 0.3 is 0 Å². The van der Waals surface area contributed by atoms with E-state index in [2.05, 4.69) is 34.2 Å². The minimum absolute atomic E-state index is 0.734. The highest BCUT2D eigenvalue weighted by Crippen LogP contribution is 2.30. The monoisotopic (exact) mass is 259 g/mol. The maximum Gasteiger partial charge on any atom is 0.0630 e. The first-order valence-electron chi connectivity index (χ1n) is 6.32. The molecule has 1 unspecified atom stereocenters. The number of nitrogens with zero attached hydrogens (tertiary/aromatic N) is 1. The van der Waals surface area contributed by atoms with Crippen molar-refractivity contribution in [2.75, 3.05) is 23.3 Å². The van der Waals surface area contributed by atoms with Crippen molar-refractivity contribution in [3.05, 3.63) is 30.6 Å². The molecule has 2 heterocycles. The summed E-state index contributed by atoms with van der Waals surface area (Å²) in [5.41, 5.74) is 8.08. The zero-order chi connectivity index (χ0) is 12.4. The molecule has 1 aliphatic heterocycles. The van der Waals surface area contributed by atoms with Gasteiger partial charge in [0.25, 0.3) is 0 Å². The first-order valence-corrected chi connectivity index (χ1v) is 7.37. The Morgan fingerprint density at radius 2 is 2.33 bits per heavy atom. The summed E-state index contributed by atoms with van der Waals surface area (Å²) in [6, 6.07) is 6.10. The van der Waals surface area contributed by atoms with Crippen LogP contribution in [0.4, 0.5) is 11.4 Å². The molecule has 3 rings (SSSR count). The minimum atomic E-state index is 0.734. The zero-order valence-electron chi connectivity index (χ0n) is 10.2. The summed E-state index contributed by atoms with van der Waals surface area (Å²) in [5, 5.41) is 6.39. The number of thioether (sulfide) groups is 1. The van der Waals surface area contributed by atoms with Gasteiger partial charge in [-0.3, -0.25) is 4.98 Å². The highest BCUT2D eigenvalue weighted by Gasteiger charge is 2.15. The normalized spacial score (nSPS) is 19.2. The van der Waals surface area contributed by atoms with Crippen LogP contribution in [0.1, 0.15) is 12.8 Å². The van der Waals surface area contributed by atoms with Gasteiger partial charge in [0.1, 0.15) is 0 Å². The van der Waals surface area contributed by atoms with E-state index in [1.54, 1.807) is 6.20 Å². The summed E-state index contributed by atoms with van der Waals surface area (Å²) in [7, 11) is 0. The lowest BCUT2D eigenvalue weighted by Gasteiger charge is -2.14. The Labute approximate surface area is 111 Å². The number of anilines is 2. The van der Waals surface area contributed by atoms with E-state index in [-0.39, 0.29) is 0 Å². The van der Waals surface area contributed by atoms with Gasteiger partial charge in [0.05, 0.1) is 11.4 Å². The number of benzene rings is 1. The Morgan fingerprint density at radius 3 is 3.17 bits per heavy atom. The number of hydrogen-bond donors (Lipinski definition) is 2. The lowest BCUT2D eigenvalue weighted by Crippen LogP contribution is -2.14. The number of hydrogen-bond acceptors (Lipinski definition) is 4. The van der Waals surface area contributed by atoms with Gasteiger partial charge in [-0.1, -0.05) is 6.07 Å². The predicted octanol–water partition coefficient (Wildman–Crippen LogP) is 3.12. The third-order valence-corrected chi connectivity index (χ3v) is 4.80. The molecule has 1 atom stereocenters. The molecule has 0 saturated carbocycles. The fourth-order valence-electron chi connectivity index (χ4n) is 2.38. The summed E-state index contributed by atoms with van der Waals surface area (Å²) in [5.74, 6) is 1.30. The van der Waals surface area contributed by atoms with Crippen molar-refractivity contribution in [3.8, 4) is 0 Å². The van der Waals surface area contributed by atoms with Crippen LogP contribution in [-0.4, -0.2) is 22.5 Å². The van der Waals surface area contributed by atoms with Crippen molar-refractivity contribution in [2.24, 2.45) is 0 Å². The fraction of sp³-hybridized carbons (Fsp3) is 0.357. The number of nitrogen functional groups attached to an aromatic ring is 1. The number of fused-ring (bicyclic) bond motifs is 1. The Kier molecular flexibility index (Phi) is 3.28. The summed E-state index contributed by atoms with van der Waals surface area (Å²) in [6.07, 6.45) is 6.29. The van der Waals surface area contributed by atoms with Gasteiger partial charge in [-0.2, -0.15) is 11.8 Å². The van der Waals surface area contributed by atoms with Crippen molar-refractivity contribution < 1.29 is 0 Å². The van der Waals surface area contributed by atoms with E-state index in [0.717, 1.165) is 33.9 Å². The van der Waals surface area contributed by atoms with E-state index >= 15 is 0 Å². The molecule has 2 aromatic rings. The standard InChI is InChI=1S/C14H17N3S/c15-14-12-5-6-16-8-10(12)3-4-13(14)17-9-11-2-1-7-18-11/h3-6,8,11,17H,1-2,7,9,15H2. The van der Waals surface area contributed by atoms with E-state index in [1.165, 1.54) is 18.6 Å². The lowest BCUT2D eigenvalue weighted by molar-refractivity contribution is 0.806. The van der Waals surface area contributed by atoms with Gasteiger partial charge in [-0.15, -0.1) is 0 Å². The van der Waals surface area contributed by atoms with Crippen LogP contribution in [0.15, 0.2) is 30.6 Å². The quantitative estimate of drug-likeness (QED) is 0.832. The van der Waals surface area contributed by atoms with Crippen LogP contribution in [0.2, 0.25) is 0 Å². The van der Waals surface area contributed by atoms with Gasteiger partial charge in [0.2, 0.25) is 0 Å². The summed E-state index contributed by atoms with van der Waals surface area (Å²) in [4.78, 5) is 4.11. The highest BCUT2D eigenvalue weighted by atomic mass is 32.2.